The molecule has 2 aromatic rings. The molecule has 1 heterocycles. The van der Waals surface area contributed by atoms with Crippen molar-refractivity contribution in [2.75, 3.05) is 23.9 Å². The maximum atomic E-state index is 12.8. The molecule has 0 saturated carbocycles. The van der Waals surface area contributed by atoms with Crippen molar-refractivity contribution in [2.24, 2.45) is 10.9 Å². The number of anilines is 2. The van der Waals surface area contributed by atoms with Gasteiger partial charge in [0.05, 0.1) is 11.4 Å². The van der Waals surface area contributed by atoms with Gasteiger partial charge < -0.3 is 10.2 Å². The van der Waals surface area contributed by atoms with Gasteiger partial charge in [0.15, 0.2) is 11.0 Å². The monoisotopic (exact) mass is 366 g/mol. The molecule has 0 spiro atoms. The lowest BCUT2D eigenvalue weighted by molar-refractivity contribution is -0.130. The highest BCUT2D eigenvalue weighted by molar-refractivity contribution is 7.80. The van der Waals surface area contributed by atoms with E-state index in [1.54, 1.807) is 24.3 Å². The summed E-state index contributed by atoms with van der Waals surface area (Å²) in [6.45, 7) is 0. The van der Waals surface area contributed by atoms with Crippen LogP contribution in [0.1, 0.15) is 0 Å². The first-order valence-electron chi connectivity index (χ1n) is 8.03. The van der Waals surface area contributed by atoms with E-state index in [0.717, 1.165) is 5.69 Å². The summed E-state index contributed by atoms with van der Waals surface area (Å²) in [5, 5.41) is 2.64. The molecule has 1 atom stereocenters. The maximum absolute atomic E-state index is 12.8. The first kappa shape index (κ1) is 17.8. The summed E-state index contributed by atoms with van der Waals surface area (Å²) in [4.78, 5) is 32.6. The van der Waals surface area contributed by atoms with Crippen molar-refractivity contribution >= 4 is 52.4 Å². The summed E-state index contributed by atoms with van der Waals surface area (Å²) >= 11 is 5.16. The van der Waals surface area contributed by atoms with Crippen LogP contribution in [0.25, 0.3) is 0 Å². The molecule has 26 heavy (non-hydrogen) atoms. The predicted octanol–water partition coefficient (Wildman–Crippen LogP) is 2.52. The number of nitrogens with zero attached hydrogens (tertiary/aromatic N) is 3. The molecule has 1 aliphatic heterocycles. The average molecular weight is 366 g/mol. The summed E-state index contributed by atoms with van der Waals surface area (Å²) in [6, 6.07) is 16.5. The third-order valence-corrected chi connectivity index (χ3v) is 4.24. The molecule has 2 amide bonds. The van der Waals surface area contributed by atoms with E-state index >= 15 is 0 Å². The molecule has 6 nitrogen and oxygen atoms in total. The van der Waals surface area contributed by atoms with E-state index in [2.05, 4.69) is 10.3 Å². The number of rotatable bonds is 4. The Morgan fingerprint density at radius 2 is 1.73 bits per heavy atom. The van der Waals surface area contributed by atoms with E-state index in [0.29, 0.717) is 11.4 Å². The summed E-state index contributed by atoms with van der Waals surface area (Å²) in [5.41, 5.74) is 2.31. The molecule has 0 unspecified atom stereocenters. The normalized spacial score (nSPS) is 17.5. The van der Waals surface area contributed by atoms with Gasteiger partial charge in [-0.05, 0) is 48.6 Å². The fourth-order valence-corrected chi connectivity index (χ4v) is 2.84. The summed E-state index contributed by atoms with van der Waals surface area (Å²) in [5.74, 6) is -1.92. The van der Waals surface area contributed by atoms with Crippen LogP contribution in [-0.2, 0) is 9.59 Å². The largest absolute Gasteiger partial charge is 0.378 e. The molecular weight excluding hydrogens is 348 g/mol. The van der Waals surface area contributed by atoms with Gasteiger partial charge in [-0.25, -0.2) is 0 Å². The maximum Gasteiger partial charge on any atom is 0.251 e. The molecule has 2 aromatic carbocycles. The number of benzene rings is 2. The fourth-order valence-electron chi connectivity index (χ4n) is 2.54. The first-order valence-corrected chi connectivity index (χ1v) is 8.43. The second kappa shape index (κ2) is 7.45. The first-order chi connectivity index (χ1) is 12.5. The Hall–Kier alpha value is -3.06. The molecule has 0 radical (unpaired) electrons. The molecule has 1 N–H and O–H groups in total. The smallest absolute Gasteiger partial charge is 0.251 e. The highest BCUT2D eigenvalue weighted by atomic mass is 32.1. The Bertz CT molecular complexity index is 863. The molecule has 0 aromatic heterocycles. The number of thiocarbonyl (C=S) groups is 1. The third-order valence-electron chi connectivity index (χ3n) is 3.96. The van der Waals surface area contributed by atoms with Gasteiger partial charge in [-0.15, -0.1) is 0 Å². The number of amides is 2. The van der Waals surface area contributed by atoms with Gasteiger partial charge in [-0.1, -0.05) is 18.2 Å². The van der Waals surface area contributed by atoms with Gasteiger partial charge in [-0.3, -0.25) is 19.5 Å². The van der Waals surface area contributed by atoms with Crippen LogP contribution in [0.2, 0.25) is 0 Å². The molecule has 1 saturated heterocycles. The highest BCUT2D eigenvalue weighted by Gasteiger charge is 2.38. The minimum Gasteiger partial charge on any atom is -0.378 e. The van der Waals surface area contributed by atoms with Crippen LogP contribution in [0.3, 0.4) is 0 Å². The van der Waals surface area contributed by atoms with E-state index in [1.165, 1.54) is 11.1 Å². The van der Waals surface area contributed by atoms with E-state index in [-0.39, 0.29) is 5.11 Å². The van der Waals surface area contributed by atoms with Crippen molar-refractivity contribution in [3.05, 3.63) is 54.6 Å². The van der Waals surface area contributed by atoms with E-state index in [9.17, 15) is 9.59 Å². The Morgan fingerprint density at radius 3 is 2.35 bits per heavy atom. The molecule has 1 aliphatic rings. The lowest BCUT2D eigenvalue weighted by Gasteiger charge is -2.30. The van der Waals surface area contributed by atoms with Crippen molar-refractivity contribution in [1.29, 1.82) is 0 Å². The lowest BCUT2D eigenvalue weighted by atomic mass is 10.1. The zero-order valence-electron chi connectivity index (χ0n) is 14.4. The number of nitrogens with one attached hydrogen (secondary N) is 1. The Labute approximate surface area is 157 Å². The van der Waals surface area contributed by atoms with E-state index in [1.807, 2.05) is 49.3 Å². The Kier molecular flexibility index (Phi) is 5.09. The van der Waals surface area contributed by atoms with Gasteiger partial charge in [0.25, 0.3) is 5.91 Å². The third kappa shape index (κ3) is 3.62. The summed E-state index contributed by atoms with van der Waals surface area (Å²) in [7, 11) is 3.90. The topological polar surface area (TPSA) is 65.0 Å². The molecule has 0 bridgehead atoms. The van der Waals surface area contributed by atoms with Crippen LogP contribution >= 0.6 is 12.2 Å². The SMILES string of the molecule is CN(C)c1ccc(N=C[C@H]2C(=O)NC(=S)N(c3ccccc3)C2=O)cc1. The van der Waals surface area contributed by atoms with Crippen LogP contribution in [0.15, 0.2) is 59.6 Å². The Balaban J connectivity index is 1.83. The number of carbonyl (C=O) groups is 2. The quantitative estimate of drug-likeness (QED) is 0.513. The zero-order chi connectivity index (χ0) is 18.7. The van der Waals surface area contributed by atoms with E-state index in [4.69, 9.17) is 12.2 Å². The van der Waals surface area contributed by atoms with Gasteiger partial charge in [-0.2, -0.15) is 0 Å². The molecule has 3 rings (SSSR count). The van der Waals surface area contributed by atoms with Crippen molar-refractivity contribution in [3.63, 3.8) is 0 Å². The Morgan fingerprint density at radius 1 is 1.08 bits per heavy atom. The number of para-hydroxylation sites is 1. The second-order valence-corrected chi connectivity index (χ2v) is 6.36. The van der Waals surface area contributed by atoms with Crippen molar-refractivity contribution in [3.8, 4) is 0 Å². The van der Waals surface area contributed by atoms with E-state index < -0.39 is 17.7 Å². The number of hydrogen-bond donors (Lipinski definition) is 1. The van der Waals surface area contributed by atoms with Gasteiger partial charge in [0.1, 0.15) is 0 Å². The number of carbonyl (C=O) groups excluding carboxylic acids is 2. The highest BCUT2D eigenvalue weighted by Crippen LogP contribution is 2.21. The van der Waals surface area contributed by atoms with Crippen LogP contribution in [0.5, 0.6) is 0 Å². The van der Waals surface area contributed by atoms with Crippen LogP contribution < -0.4 is 15.1 Å². The minimum atomic E-state index is -1.03. The lowest BCUT2D eigenvalue weighted by Crippen LogP contribution is -2.58. The van der Waals surface area contributed by atoms with Crippen molar-refractivity contribution in [2.45, 2.75) is 0 Å². The molecular formula is C19H18N4O2S. The average Bonchev–Trinajstić information content (AvgIpc) is 2.62. The van der Waals surface area contributed by atoms with Gasteiger partial charge in [0.2, 0.25) is 5.91 Å². The zero-order valence-corrected chi connectivity index (χ0v) is 15.2. The predicted molar refractivity (Wildman–Crippen MR) is 107 cm³/mol. The molecule has 1 fully saturated rings. The molecule has 132 valence electrons. The van der Waals surface area contributed by atoms with Gasteiger partial charge >= 0.3 is 0 Å². The number of hydrogen-bond acceptors (Lipinski definition) is 5. The molecule has 0 aliphatic carbocycles. The van der Waals surface area contributed by atoms with Crippen molar-refractivity contribution in [1.82, 2.24) is 5.32 Å². The van der Waals surface area contributed by atoms with Gasteiger partial charge in [0, 0.05) is 26.0 Å². The minimum absolute atomic E-state index is 0.0752. The molecule has 7 heteroatoms. The van der Waals surface area contributed by atoms with Crippen molar-refractivity contribution < 1.29 is 9.59 Å². The summed E-state index contributed by atoms with van der Waals surface area (Å²) < 4.78 is 0. The fraction of sp³-hybridized carbons (Fsp3) is 0.158. The standard InChI is InChI=1S/C19H18N4O2S/c1-22(2)14-10-8-13(9-11-14)20-12-16-17(24)21-19(26)23(18(16)25)15-6-4-3-5-7-15/h3-12,16H,1-2H3,(H,21,24,26)/t16-/m0/s1. The summed E-state index contributed by atoms with van der Waals surface area (Å²) in [6.07, 6.45) is 1.36. The second-order valence-electron chi connectivity index (χ2n) is 5.97. The van der Waals surface area contributed by atoms with Crippen LogP contribution in [0, 0.1) is 5.92 Å². The number of aliphatic imine (C=N–C) groups is 1. The van der Waals surface area contributed by atoms with Crippen LogP contribution in [-0.4, -0.2) is 37.2 Å². The van der Waals surface area contributed by atoms with Crippen LogP contribution in [0.4, 0.5) is 17.1 Å².